The van der Waals surface area contributed by atoms with Gasteiger partial charge in [0.2, 0.25) is 5.75 Å². The van der Waals surface area contributed by atoms with Crippen molar-refractivity contribution < 1.29 is 31.9 Å². The normalized spacial score (nSPS) is 16.0. The van der Waals surface area contributed by atoms with E-state index in [-0.39, 0.29) is 30.5 Å². The Balaban J connectivity index is 2.27. The average molecular weight is 491 g/mol. The van der Waals surface area contributed by atoms with Gasteiger partial charge in [-0.3, -0.25) is 0 Å². The third-order valence-corrected chi connectivity index (χ3v) is 6.37. The molecule has 7 nitrogen and oxygen atoms in total. The van der Waals surface area contributed by atoms with Crippen molar-refractivity contribution in [3.63, 3.8) is 0 Å². The van der Waals surface area contributed by atoms with Gasteiger partial charge in [-0.05, 0) is 74.1 Å². The van der Waals surface area contributed by atoms with Crippen LogP contribution in [0.15, 0.2) is 30.3 Å². The van der Waals surface area contributed by atoms with Crippen LogP contribution < -0.4 is 23.7 Å². The Morgan fingerprint density at radius 3 is 2.11 bits per heavy atom. The van der Waals surface area contributed by atoms with E-state index in [2.05, 4.69) is 6.07 Å². The summed E-state index contributed by atoms with van der Waals surface area (Å²) in [6.45, 7) is 1.94. The van der Waals surface area contributed by atoms with Crippen molar-refractivity contribution in [2.45, 2.75) is 38.5 Å². The molecule has 0 aromatic heterocycles. The maximum Gasteiger partial charge on any atom is 0.203 e. The zero-order valence-electron chi connectivity index (χ0n) is 27.4. The molecular weight excluding hydrogens is 444 g/mol. The summed E-state index contributed by atoms with van der Waals surface area (Å²) in [6, 6.07) is 10.9. The molecular formula is C28H40N2O5. The Morgan fingerprint density at radius 1 is 0.914 bits per heavy atom. The van der Waals surface area contributed by atoms with E-state index in [1.54, 1.807) is 30.3 Å². The molecule has 0 amide bonds. The second-order valence-electron chi connectivity index (χ2n) is 8.58. The van der Waals surface area contributed by atoms with Gasteiger partial charge in [-0.25, -0.2) is 0 Å². The van der Waals surface area contributed by atoms with Gasteiger partial charge in [0, 0.05) is 10.7 Å². The van der Waals surface area contributed by atoms with Crippen LogP contribution in [0.1, 0.15) is 46.0 Å². The summed E-state index contributed by atoms with van der Waals surface area (Å²) in [7, 11) is 3.29. The highest BCUT2D eigenvalue weighted by atomic mass is 16.5. The molecule has 0 fully saturated rings. The van der Waals surface area contributed by atoms with Crippen molar-refractivity contribution in [2.24, 2.45) is 5.92 Å². The smallest absolute Gasteiger partial charge is 0.203 e. The van der Waals surface area contributed by atoms with Gasteiger partial charge in [0.05, 0.1) is 51.1 Å². The number of likely N-dealkylation sites (N-methyl/N-ethyl adjacent to an activating group) is 1. The van der Waals surface area contributed by atoms with Crippen molar-refractivity contribution in [3.8, 4) is 34.8 Å². The van der Waals surface area contributed by atoms with E-state index in [4.69, 9.17) is 31.9 Å². The van der Waals surface area contributed by atoms with Gasteiger partial charge in [-0.2, -0.15) is 5.26 Å². The van der Waals surface area contributed by atoms with Crippen molar-refractivity contribution in [2.75, 3.05) is 55.5 Å². The van der Waals surface area contributed by atoms with Crippen LogP contribution in [0.5, 0.6) is 28.7 Å². The molecule has 7 heteroatoms. The SMILES string of the molecule is [2H]C([2H])([2H])Oc1cc(CCN(CCCC(C#N)(c2cc(OC)c(OC)c(OC)c2)C(C)C)C([2H])([2H])[2H])ccc1OC. The minimum Gasteiger partial charge on any atom is -0.493 e. The largest absolute Gasteiger partial charge is 0.493 e. The molecule has 2 aromatic rings. The second kappa shape index (κ2) is 13.1. The number of benzene rings is 2. The molecule has 192 valence electrons. The van der Waals surface area contributed by atoms with E-state index in [0.29, 0.717) is 47.6 Å². The third kappa shape index (κ3) is 6.52. The van der Waals surface area contributed by atoms with Crippen LogP contribution in [-0.2, 0) is 11.8 Å². The van der Waals surface area contributed by atoms with Gasteiger partial charge in [0.15, 0.2) is 23.0 Å². The number of nitrogens with zero attached hydrogens (tertiary/aromatic N) is 2. The summed E-state index contributed by atoms with van der Waals surface area (Å²) in [4.78, 5) is 1.39. The Labute approximate surface area is 218 Å². The number of nitriles is 1. The molecule has 0 saturated carbocycles. The van der Waals surface area contributed by atoms with Crippen LogP contribution in [0.2, 0.25) is 0 Å². The first-order valence-electron chi connectivity index (χ1n) is 14.5. The molecule has 0 aliphatic carbocycles. The quantitative estimate of drug-likeness (QED) is 0.365. The lowest BCUT2D eigenvalue weighted by atomic mass is 9.69. The zero-order chi connectivity index (χ0) is 31.0. The van der Waals surface area contributed by atoms with Gasteiger partial charge < -0.3 is 28.6 Å². The Hall–Kier alpha value is -3.11. The highest BCUT2D eigenvalue weighted by Gasteiger charge is 2.37. The number of rotatable bonds is 14. The molecule has 0 aliphatic rings. The summed E-state index contributed by atoms with van der Waals surface area (Å²) in [6.07, 6.45) is 1.16. The summed E-state index contributed by atoms with van der Waals surface area (Å²) >= 11 is 0. The van der Waals surface area contributed by atoms with Crippen LogP contribution in [0.4, 0.5) is 0 Å². The van der Waals surface area contributed by atoms with E-state index >= 15 is 0 Å². The minimum atomic E-state index is -2.65. The number of hydrogen-bond acceptors (Lipinski definition) is 7. The Kier molecular flexibility index (Phi) is 7.53. The lowest BCUT2D eigenvalue weighted by Gasteiger charge is -2.33. The number of hydrogen-bond donors (Lipinski definition) is 0. The zero-order valence-corrected chi connectivity index (χ0v) is 21.4. The van der Waals surface area contributed by atoms with E-state index < -0.39 is 19.4 Å². The highest BCUT2D eigenvalue weighted by molar-refractivity contribution is 5.56. The summed E-state index contributed by atoms with van der Waals surface area (Å²) in [5.41, 5.74) is 0.459. The fourth-order valence-electron chi connectivity index (χ4n) is 4.24. The summed E-state index contributed by atoms with van der Waals surface area (Å²) in [5.74, 6) is 1.53. The maximum atomic E-state index is 10.4. The minimum absolute atomic E-state index is 0.0616. The van der Waals surface area contributed by atoms with E-state index in [1.807, 2.05) is 13.8 Å². The first kappa shape index (κ1) is 20.1. The molecule has 0 heterocycles. The Morgan fingerprint density at radius 2 is 1.60 bits per heavy atom. The molecule has 0 N–H and O–H groups in total. The van der Waals surface area contributed by atoms with E-state index in [9.17, 15) is 5.26 Å². The van der Waals surface area contributed by atoms with E-state index in [0.717, 1.165) is 0 Å². The molecule has 0 spiro atoms. The molecule has 2 aromatic carbocycles. The molecule has 0 aliphatic heterocycles. The van der Waals surface area contributed by atoms with Crippen molar-refractivity contribution in [3.05, 3.63) is 41.5 Å². The van der Waals surface area contributed by atoms with Crippen LogP contribution >= 0.6 is 0 Å². The predicted octanol–water partition coefficient (Wildman–Crippen LogP) is 5.10. The first-order chi connectivity index (χ1) is 19.1. The number of methoxy groups -OCH3 is 5. The first-order valence-corrected chi connectivity index (χ1v) is 11.5. The fourth-order valence-corrected chi connectivity index (χ4v) is 4.24. The Bertz CT molecular complexity index is 1170. The molecule has 1 unspecified atom stereocenters. The monoisotopic (exact) mass is 490 g/mol. The molecule has 35 heavy (non-hydrogen) atoms. The van der Waals surface area contributed by atoms with Crippen LogP contribution in [0, 0.1) is 17.2 Å². The van der Waals surface area contributed by atoms with Crippen molar-refractivity contribution >= 4 is 0 Å². The fraction of sp³-hybridized carbons (Fsp3) is 0.536. The van der Waals surface area contributed by atoms with Crippen molar-refractivity contribution in [1.82, 2.24) is 4.90 Å². The van der Waals surface area contributed by atoms with Gasteiger partial charge in [-0.15, -0.1) is 0 Å². The lowest BCUT2D eigenvalue weighted by Crippen LogP contribution is -2.32. The number of ether oxygens (including phenoxy) is 5. The van der Waals surface area contributed by atoms with Crippen LogP contribution in [0.25, 0.3) is 0 Å². The predicted molar refractivity (Wildman–Crippen MR) is 138 cm³/mol. The maximum absolute atomic E-state index is 10.4. The molecule has 0 bridgehead atoms. The third-order valence-electron chi connectivity index (χ3n) is 6.37. The van der Waals surface area contributed by atoms with Gasteiger partial charge in [0.25, 0.3) is 0 Å². The molecule has 0 radical (unpaired) electrons. The lowest BCUT2D eigenvalue weighted by molar-refractivity contribution is 0.290. The van der Waals surface area contributed by atoms with Crippen molar-refractivity contribution in [1.29, 1.82) is 5.26 Å². The van der Waals surface area contributed by atoms with Gasteiger partial charge in [0.1, 0.15) is 0 Å². The average Bonchev–Trinajstić information content (AvgIpc) is 2.90. The molecule has 1 atom stereocenters. The standard InChI is InChI=1S/C28H40N2O5/c1-20(2)28(19-29,22-17-25(33-6)27(35-8)26(18-22)34-7)13-9-14-30(3)15-12-21-10-11-23(31-4)24(16-21)32-5/h10-11,16-18,20H,9,12-15H2,1-8H3/i3D3,5D3. The van der Waals surface area contributed by atoms with Crippen LogP contribution in [-0.4, -0.2) is 60.4 Å². The topological polar surface area (TPSA) is 73.2 Å². The molecule has 0 saturated heterocycles. The van der Waals surface area contributed by atoms with Crippen LogP contribution in [0.3, 0.4) is 0 Å². The summed E-state index contributed by atoms with van der Waals surface area (Å²) < 4.78 is 73.1. The molecule has 2 rings (SSSR count). The highest BCUT2D eigenvalue weighted by Crippen LogP contribution is 2.45. The second-order valence-corrected chi connectivity index (χ2v) is 8.58. The summed E-state index contributed by atoms with van der Waals surface area (Å²) in [5, 5.41) is 10.4. The van der Waals surface area contributed by atoms with Gasteiger partial charge in [-0.1, -0.05) is 19.9 Å². The van der Waals surface area contributed by atoms with E-state index in [1.165, 1.54) is 33.3 Å². The van der Waals surface area contributed by atoms with Gasteiger partial charge >= 0.3 is 0 Å².